The van der Waals surface area contributed by atoms with Gasteiger partial charge in [-0.1, -0.05) is 30.3 Å². The largest absolute Gasteiger partial charge is 0.352 e. The fraction of sp³-hybridized carbons (Fsp3) is 0.316. The van der Waals surface area contributed by atoms with Gasteiger partial charge in [-0.05, 0) is 0 Å². The van der Waals surface area contributed by atoms with Crippen LogP contribution in [-0.2, 0) is 13.6 Å². The summed E-state index contributed by atoms with van der Waals surface area (Å²) in [4.78, 5) is 14.0. The van der Waals surface area contributed by atoms with Crippen LogP contribution in [0.15, 0.2) is 55.1 Å². The zero-order chi connectivity index (χ0) is 17.1. The molecule has 1 aromatic carbocycles. The van der Waals surface area contributed by atoms with Crippen molar-refractivity contribution in [2.75, 3.05) is 31.1 Å². The molecule has 3 heterocycles. The number of anilines is 1. The Morgan fingerprint density at radius 2 is 1.72 bits per heavy atom. The zero-order valence-electron chi connectivity index (χ0n) is 14.4. The standard InChI is InChI=1S/C19H22N6/c1-23-14-16(13-22-23)15-24-9-11-25(12-10-24)19-18(20-7-8-21-19)17-5-3-2-4-6-17/h2-8,13-14H,9-12,15H2,1H3. The van der Waals surface area contributed by atoms with Gasteiger partial charge in [0.15, 0.2) is 5.82 Å². The number of rotatable bonds is 4. The molecule has 0 radical (unpaired) electrons. The maximum atomic E-state index is 4.62. The molecule has 25 heavy (non-hydrogen) atoms. The lowest BCUT2D eigenvalue weighted by Gasteiger charge is -2.35. The summed E-state index contributed by atoms with van der Waals surface area (Å²) in [7, 11) is 1.96. The molecule has 0 unspecified atom stereocenters. The number of hydrogen-bond donors (Lipinski definition) is 0. The van der Waals surface area contributed by atoms with Gasteiger partial charge in [-0.3, -0.25) is 14.6 Å². The molecule has 0 aliphatic carbocycles. The second kappa shape index (κ2) is 7.03. The third kappa shape index (κ3) is 3.53. The molecule has 6 heteroatoms. The van der Waals surface area contributed by atoms with E-state index in [0.717, 1.165) is 49.8 Å². The number of aryl methyl sites for hydroxylation is 1. The van der Waals surface area contributed by atoms with Crippen molar-refractivity contribution in [3.8, 4) is 11.3 Å². The molecule has 0 spiro atoms. The van der Waals surface area contributed by atoms with Crippen molar-refractivity contribution in [2.45, 2.75) is 6.54 Å². The van der Waals surface area contributed by atoms with E-state index >= 15 is 0 Å². The van der Waals surface area contributed by atoms with Crippen LogP contribution in [0.1, 0.15) is 5.56 Å². The van der Waals surface area contributed by atoms with Crippen LogP contribution in [0, 0.1) is 0 Å². The number of piperazine rings is 1. The summed E-state index contributed by atoms with van der Waals surface area (Å²) in [5, 5.41) is 4.25. The lowest BCUT2D eigenvalue weighted by Crippen LogP contribution is -2.46. The molecule has 128 valence electrons. The number of benzene rings is 1. The van der Waals surface area contributed by atoms with Crippen molar-refractivity contribution < 1.29 is 0 Å². The van der Waals surface area contributed by atoms with Gasteiger partial charge in [-0.15, -0.1) is 0 Å². The van der Waals surface area contributed by atoms with Crippen LogP contribution in [0.2, 0.25) is 0 Å². The molecule has 0 atom stereocenters. The first-order valence-corrected chi connectivity index (χ1v) is 8.61. The van der Waals surface area contributed by atoms with Gasteiger partial charge in [0, 0.05) is 69.5 Å². The molecule has 0 saturated carbocycles. The molecule has 4 rings (SSSR count). The maximum absolute atomic E-state index is 4.62. The van der Waals surface area contributed by atoms with Gasteiger partial charge in [0.1, 0.15) is 5.69 Å². The van der Waals surface area contributed by atoms with Crippen LogP contribution >= 0.6 is 0 Å². The molecule has 0 amide bonds. The molecule has 3 aromatic rings. The van der Waals surface area contributed by atoms with Crippen molar-refractivity contribution in [3.05, 3.63) is 60.7 Å². The molecule has 2 aromatic heterocycles. The number of hydrogen-bond acceptors (Lipinski definition) is 5. The number of nitrogens with zero attached hydrogens (tertiary/aromatic N) is 6. The van der Waals surface area contributed by atoms with Crippen molar-refractivity contribution in [2.24, 2.45) is 7.05 Å². The van der Waals surface area contributed by atoms with Gasteiger partial charge in [-0.2, -0.15) is 5.10 Å². The second-order valence-corrected chi connectivity index (χ2v) is 6.38. The average Bonchev–Trinajstić information content (AvgIpc) is 3.08. The van der Waals surface area contributed by atoms with E-state index in [2.05, 4.69) is 43.2 Å². The Morgan fingerprint density at radius 3 is 2.44 bits per heavy atom. The first-order chi connectivity index (χ1) is 12.3. The third-order valence-corrected chi connectivity index (χ3v) is 4.56. The molecular weight excluding hydrogens is 312 g/mol. The minimum Gasteiger partial charge on any atom is -0.352 e. The fourth-order valence-corrected chi connectivity index (χ4v) is 3.29. The van der Waals surface area contributed by atoms with Crippen LogP contribution < -0.4 is 4.90 Å². The van der Waals surface area contributed by atoms with Gasteiger partial charge < -0.3 is 4.90 Å². The zero-order valence-corrected chi connectivity index (χ0v) is 14.4. The summed E-state index contributed by atoms with van der Waals surface area (Å²) in [5.41, 5.74) is 3.34. The van der Waals surface area contributed by atoms with E-state index in [0.29, 0.717) is 0 Å². The second-order valence-electron chi connectivity index (χ2n) is 6.38. The first-order valence-electron chi connectivity index (χ1n) is 8.61. The van der Waals surface area contributed by atoms with Gasteiger partial charge in [0.2, 0.25) is 0 Å². The molecule has 1 saturated heterocycles. The molecule has 0 bridgehead atoms. The van der Waals surface area contributed by atoms with Crippen LogP contribution in [0.25, 0.3) is 11.3 Å². The van der Waals surface area contributed by atoms with Gasteiger partial charge in [0.25, 0.3) is 0 Å². The van der Waals surface area contributed by atoms with Crippen LogP contribution in [-0.4, -0.2) is 50.8 Å². The average molecular weight is 334 g/mol. The molecule has 1 aliphatic rings. The summed E-state index contributed by atoms with van der Waals surface area (Å²) in [6.07, 6.45) is 7.58. The monoisotopic (exact) mass is 334 g/mol. The Kier molecular flexibility index (Phi) is 4.43. The first kappa shape index (κ1) is 15.8. The van der Waals surface area contributed by atoms with E-state index in [1.807, 2.05) is 36.1 Å². The van der Waals surface area contributed by atoms with Crippen LogP contribution in [0.3, 0.4) is 0 Å². The normalized spacial score (nSPS) is 15.5. The third-order valence-electron chi connectivity index (χ3n) is 4.56. The summed E-state index contributed by atoms with van der Waals surface area (Å²) < 4.78 is 1.86. The van der Waals surface area contributed by atoms with E-state index in [4.69, 9.17) is 0 Å². The number of aromatic nitrogens is 4. The van der Waals surface area contributed by atoms with E-state index in [1.165, 1.54) is 5.56 Å². The fourth-order valence-electron chi connectivity index (χ4n) is 3.29. The minimum atomic E-state index is 0.952. The summed E-state index contributed by atoms with van der Waals surface area (Å²) in [6.45, 7) is 4.89. The van der Waals surface area contributed by atoms with Gasteiger partial charge in [0.05, 0.1) is 6.20 Å². The lowest BCUT2D eigenvalue weighted by molar-refractivity contribution is 0.249. The van der Waals surface area contributed by atoms with Gasteiger partial charge >= 0.3 is 0 Å². The Morgan fingerprint density at radius 1 is 0.960 bits per heavy atom. The molecule has 0 N–H and O–H groups in total. The quantitative estimate of drug-likeness (QED) is 0.732. The Labute approximate surface area is 147 Å². The van der Waals surface area contributed by atoms with E-state index in [-0.39, 0.29) is 0 Å². The van der Waals surface area contributed by atoms with Gasteiger partial charge in [-0.25, -0.2) is 4.98 Å². The van der Waals surface area contributed by atoms with E-state index in [9.17, 15) is 0 Å². The Bertz CT molecular complexity index is 821. The smallest absolute Gasteiger partial charge is 0.155 e. The van der Waals surface area contributed by atoms with Crippen molar-refractivity contribution in [1.29, 1.82) is 0 Å². The molecule has 1 aliphatic heterocycles. The van der Waals surface area contributed by atoms with Crippen molar-refractivity contribution in [3.63, 3.8) is 0 Å². The summed E-state index contributed by atoms with van der Waals surface area (Å²) in [5.74, 6) is 0.981. The van der Waals surface area contributed by atoms with Crippen molar-refractivity contribution >= 4 is 5.82 Å². The highest BCUT2D eigenvalue weighted by Gasteiger charge is 2.21. The maximum Gasteiger partial charge on any atom is 0.155 e. The molecule has 6 nitrogen and oxygen atoms in total. The van der Waals surface area contributed by atoms with Crippen molar-refractivity contribution in [1.82, 2.24) is 24.6 Å². The highest BCUT2D eigenvalue weighted by molar-refractivity contribution is 5.71. The van der Waals surface area contributed by atoms with E-state index < -0.39 is 0 Å². The lowest BCUT2D eigenvalue weighted by atomic mass is 10.1. The summed E-state index contributed by atoms with van der Waals surface area (Å²) in [6, 6.07) is 10.3. The highest BCUT2D eigenvalue weighted by Crippen LogP contribution is 2.27. The van der Waals surface area contributed by atoms with E-state index in [1.54, 1.807) is 12.4 Å². The predicted molar refractivity (Wildman–Crippen MR) is 98.2 cm³/mol. The topological polar surface area (TPSA) is 50.1 Å². The Hall–Kier alpha value is -2.73. The SMILES string of the molecule is Cn1cc(CN2CCN(c3nccnc3-c3ccccc3)CC2)cn1. The molecule has 1 fully saturated rings. The summed E-state index contributed by atoms with van der Waals surface area (Å²) >= 11 is 0. The van der Waals surface area contributed by atoms with Crippen LogP contribution in [0.5, 0.6) is 0 Å². The minimum absolute atomic E-state index is 0.952. The highest BCUT2D eigenvalue weighted by atomic mass is 15.3. The molecular formula is C19H22N6. The predicted octanol–water partition coefficient (Wildman–Crippen LogP) is 2.20. The van der Waals surface area contributed by atoms with Crippen LogP contribution in [0.4, 0.5) is 5.82 Å². The Balaban J connectivity index is 1.46.